The highest BCUT2D eigenvalue weighted by Gasteiger charge is 2.76. The molecule has 0 aromatic carbocycles. The zero-order valence-corrected chi connectivity index (χ0v) is 8.33. The third-order valence-electron chi connectivity index (χ3n) is 4.36. The molecule has 0 spiro atoms. The van der Waals surface area contributed by atoms with E-state index in [1.165, 1.54) is 0 Å². The molecule has 0 aliphatic heterocycles. The molecule has 0 radical (unpaired) electrons. The summed E-state index contributed by atoms with van der Waals surface area (Å²) in [5, 5.41) is -1.21. The first-order valence-corrected chi connectivity index (χ1v) is 4.81. The van der Waals surface area contributed by atoms with Gasteiger partial charge in [-0.05, 0) is 10.8 Å². The van der Waals surface area contributed by atoms with Crippen molar-refractivity contribution in [2.24, 2.45) is 10.8 Å². The van der Waals surface area contributed by atoms with Crippen molar-refractivity contribution < 1.29 is 12.9 Å². The third kappa shape index (κ3) is 0.896. The van der Waals surface area contributed by atoms with Gasteiger partial charge in [-0.25, -0.2) is 0 Å². The molecule has 0 nitrogen and oxygen atoms in total. The van der Waals surface area contributed by atoms with Gasteiger partial charge < -0.3 is 12.9 Å². The van der Waals surface area contributed by atoms with Gasteiger partial charge in [-0.15, -0.1) is 0 Å². The average molecular weight is 191 g/mol. The molecule has 3 aliphatic rings. The fourth-order valence-corrected chi connectivity index (χ4v) is 3.01. The molecule has 0 N–H and O–H groups in total. The van der Waals surface area contributed by atoms with Crippen molar-refractivity contribution in [3.05, 3.63) is 0 Å². The Morgan fingerprint density at radius 3 is 1.62 bits per heavy atom. The van der Waals surface area contributed by atoms with Crippen molar-refractivity contribution in [1.82, 2.24) is 0 Å². The summed E-state index contributed by atoms with van der Waals surface area (Å²) in [6.45, 7) is 1.58. The van der Waals surface area contributed by atoms with Gasteiger partial charge in [0.1, 0.15) is 0 Å². The molecule has 0 atom stereocenters. The van der Waals surface area contributed by atoms with Crippen LogP contribution >= 0.6 is 0 Å². The molecule has 0 saturated heterocycles. The van der Waals surface area contributed by atoms with E-state index >= 15 is 0 Å². The number of halogens is 3. The van der Waals surface area contributed by atoms with Crippen molar-refractivity contribution >= 4 is 6.98 Å². The van der Waals surface area contributed by atoms with E-state index in [-0.39, 0.29) is 10.8 Å². The standard InChI is InChI=1S/C9H15BF3/c1-7(2,3)8-4-9(5-8,6-8)10(11,12)13/h4-6H2,1-3H3/q-1. The van der Waals surface area contributed by atoms with Crippen LogP contribution in [0.2, 0.25) is 5.31 Å². The smallest absolute Gasteiger partial charge is 0.449 e. The Bertz CT molecular complexity index is 205. The van der Waals surface area contributed by atoms with Crippen LogP contribution in [0.5, 0.6) is 0 Å². The second kappa shape index (κ2) is 1.94. The number of hydrogen-bond acceptors (Lipinski definition) is 0. The predicted octanol–water partition coefficient (Wildman–Crippen LogP) is 3.80. The molecule has 3 fully saturated rings. The lowest BCUT2D eigenvalue weighted by molar-refractivity contribution is -0.184. The highest BCUT2D eigenvalue weighted by Crippen LogP contribution is 2.86. The predicted molar refractivity (Wildman–Crippen MR) is 47.5 cm³/mol. The summed E-state index contributed by atoms with van der Waals surface area (Å²) < 4.78 is 37.6. The second-order valence-electron chi connectivity index (χ2n) is 6.00. The minimum absolute atomic E-state index is 0.0181. The maximum Gasteiger partial charge on any atom is 0.484 e. The minimum Gasteiger partial charge on any atom is -0.449 e. The van der Waals surface area contributed by atoms with E-state index in [9.17, 15) is 12.9 Å². The van der Waals surface area contributed by atoms with Crippen molar-refractivity contribution in [3.63, 3.8) is 0 Å². The molecule has 0 unspecified atom stereocenters. The topological polar surface area (TPSA) is 0 Å². The summed E-state index contributed by atoms with van der Waals surface area (Å²) >= 11 is 0. The summed E-state index contributed by atoms with van der Waals surface area (Å²) in [5.74, 6) is 0. The number of rotatable bonds is 1. The van der Waals surface area contributed by atoms with Gasteiger partial charge in [-0.3, -0.25) is 0 Å². The molecule has 0 aromatic heterocycles. The van der Waals surface area contributed by atoms with Gasteiger partial charge in [0.25, 0.3) is 0 Å². The van der Waals surface area contributed by atoms with Gasteiger partial charge in [0.15, 0.2) is 0 Å². The van der Waals surface area contributed by atoms with Gasteiger partial charge in [0.05, 0.1) is 0 Å². The van der Waals surface area contributed by atoms with Crippen LogP contribution in [-0.4, -0.2) is 6.98 Å². The van der Waals surface area contributed by atoms with Crippen LogP contribution in [0.15, 0.2) is 0 Å². The van der Waals surface area contributed by atoms with E-state index in [4.69, 9.17) is 0 Å². The lowest BCUT2D eigenvalue weighted by Crippen LogP contribution is -2.69. The summed E-state index contributed by atoms with van der Waals surface area (Å²) in [5.41, 5.74) is 0.0698. The highest BCUT2D eigenvalue weighted by molar-refractivity contribution is 6.63. The second-order valence-corrected chi connectivity index (χ2v) is 6.00. The summed E-state index contributed by atoms with van der Waals surface area (Å²) in [6, 6.07) is 0. The van der Waals surface area contributed by atoms with Gasteiger partial charge in [-0.2, -0.15) is 0 Å². The molecule has 2 bridgehead atoms. The zero-order valence-electron chi connectivity index (χ0n) is 8.33. The molecule has 4 heteroatoms. The normalized spacial score (nSPS) is 43.8. The van der Waals surface area contributed by atoms with Crippen LogP contribution < -0.4 is 0 Å². The van der Waals surface area contributed by atoms with Gasteiger partial charge in [0, 0.05) is 0 Å². The molecule has 3 saturated carbocycles. The van der Waals surface area contributed by atoms with E-state index in [0.717, 1.165) is 0 Å². The van der Waals surface area contributed by atoms with Crippen LogP contribution in [0, 0.1) is 10.8 Å². The summed E-state index contributed by atoms with van der Waals surface area (Å²) in [4.78, 5) is 0. The Kier molecular flexibility index (Phi) is 1.40. The van der Waals surface area contributed by atoms with Crippen molar-refractivity contribution in [2.75, 3.05) is 0 Å². The maximum atomic E-state index is 12.5. The van der Waals surface area contributed by atoms with E-state index in [2.05, 4.69) is 20.8 Å². The van der Waals surface area contributed by atoms with Gasteiger partial charge >= 0.3 is 6.98 Å². The third-order valence-corrected chi connectivity index (χ3v) is 4.36. The van der Waals surface area contributed by atoms with Crippen LogP contribution in [0.1, 0.15) is 40.0 Å². The highest BCUT2D eigenvalue weighted by atomic mass is 19.4. The maximum absolute atomic E-state index is 12.5. The first-order valence-electron chi connectivity index (χ1n) is 4.81. The van der Waals surface area contributed by atoms with E-state index in [1.807, 2.05) is 0 Å². The zero-order chi connectivity index (χ0) is 10.1. The average Bonchev–Trinajstić information content (AvgIpc) is 1.41. The largest absolute Gasteiger partial charge is 0.484 e. The van der Waals surface area contributed by atoms with Crippen LogP contribution in [0.4, 0.5) is 12.9 Å². The molecular formula is C9H15BF3-. The Morgan fingerprint density at radius 1 is 1.00 bits per heavy atom. The van der Waals surface area contributed by atoms with Crippen LogP contribution in [0.25, 0.3) is 0 Å². The van der Waals surface area contributed by atoms with Crippen LogP contribution in [-0.2, 0) is 0 Å². The lowest BCUT2D eigenvalue weighted by Gasteiger charge is -2.79. The quantitative estimate of drug-likeness (QED) is 0.553. The Hall–Kier alpha value is -0.145. The number of hydrogen-bond donors (Lipinski definition) is 0. The first-order chi connectivity index (χ1) is 5.62. The molecule has 3 aliphatic carbocycles. The van der Waals surface area contributed by atoms with Gasteiger partial charge in [0.2, 0.25) is 0 Å². The van der Waals surface area contributed by atoms with E-state index < -0.39 is 12.3 Å². The first kappa shape index (κ1) is 9.41. The molecule has 76 valence electrons. The molecule has 0 amide bonds. The Labute approximate surface area is 76.9 Å². The molecular weight excluding hydrogens is 176 g/mol. The molecule has 3 rings (SSSR count). The molecule has 0 aromatic rings. The monoisotopic (exact) mass is 191 g/mol. The van der Waals surface area contributed by atoms with E-state index in [0.29, 0.717) is 19.3 Å². The summed E-state index contributed by atoms with van der Waals surface area (Å²) in [6.07, 6.45) is 1.19. The Morgan fingerprint density at radius 2 is 1.38 bits per heavy atom. The minimum atomic E-state index is -4.59. The fourth-order valence-electron chi connectivity index (χ4n) is 3.01. The molecule has 13 heavy (non-hydrogen) atoms. The van der Waals surface area contributed by atoms with Crippen molar-refractivity contribution in [2.45, 2.75) is 45.3 Å². The van der Waals surface area contributed by atoms with Gasteiger partial charge in [-0.1, -0.05) is 45.3 Å². The SMILES string of the molecule is CC(C)(C)C12CC([B-](F)(F)F)(C1)C2. The molecule has 0 heterocycles. The van der Waals surface area contributed by atoms with Crippen molar-refractivity contribution in [1.29, 1.82) is 0 Å². The Balaban J connectivity index is 2.09. The van der Waals surface area contributed by atoms with Crippen molar-refractivity contribution in [3.8, 4) is 0 Å². The van der Waals surface area contributed by atoms with E-state index in [1.54, 1.807) is 0 Å². The summed E-state index contributed by atoms with van der Waals surface area (Å²) in [7, 11) is 0. The van der Waals surface area contributed by atoms with Crippen LogP contribution in [0.3, 0.4) is 0 Å². The fraction of sp³-hybridized carbons (Fsp3) is 1.00. The lowest BCUT2D eigenvalue weighted by atomic mass is 9.20.